The van der Waals surface area contributed by atoms with E-state index in [0.29, 0.717) is 6.61 Å². The van der Waals surface area contributed by atoms with E-state index in [1.54, 1.807) is 4.90 Å². The highest BCUT2D eigenvalue weighted by molar-refractivity contribution is 14.1. The smallest absolute Gasteiger partial charge is 0.413 e. The van der Waals surface area contributed by atoms with E-state index in [4.69, 9.17) is 9.47 Å². The van der Waals surface area contributed by atoms with Crippen LogP contribution >= 0.6 is 22.6 Å². The van der Waals surface area contributed by atoms with E-state index in [2.05, 4.69) is 9.85 Å². The fourth-order valence-corrected chi connectivity index (χ4v) is 1.99. The highest BCUT2D eigenvalue weighted by Crippen LogP contribution is 2.29. The molecule has 1 atom stereocenters. The molecule has 1 saturated heterocycles. The largest absolute Gasteiger partial charge is 0.444 e. The van der Waals surface area contributed by atoms with Gasteiger partial charge in [-0.2, -0.15) is 0 Å². The van der Waals surface area contributed by atoms with E-state index >= 15 is 0 Å². The lowest BCUT2D eigenvalue weighted by Crippen LogP contribution is -2.49. The summed E-state index contributed by atoms with van der Waals surface area (Å²) in [5.74, 6) is 2.95. The second-order valence-corrected chi connectivity index (χ2v) is 5.90. The Hall–Kier alpha value is -0.480. The van der Waals surface area contributed by atoms with Crippen LogP contribution in [0.2, 0.25) is 0 Å². The number of carbonyl (C=O) groups excluding carboxylic acids is 1. The van der Waals surface area contributed by atoms with Gasteiger partial charge >= 0.3 is 6.09 Å². The zero-order valence-electron chi connectivity index (χ0n) is 10.8. The van der Waals surface area contributed by atoms with Gasteiger partial charge in [0, 0.05) is 22.6 Å². The quantitative estimate of drug-likeness (QED) is 0.498. The molecule has 5 heteroatoms. The van der Waals surface area contributed by atoms with Gasteiger partial charge in [0.15, 0.2) is 0 Å². The zero-order chi connectivity index (χ0) is 13.3. The second-order valence-electron chi connectivity index (χ2n) is 5.36. The summed E-state index contributed by atoms with van der Waals surface area (Å²) in [6.45, 7) is 9.62. The van der Waals surface area contributed by atoms with Gasteiger partial charge in [-0.1, -0.05) is 5.92 Å². The van der Waals surface area contributed by atoms with Gasteiger partial charge in [0.1, 0.15) is 17.4 Å². The summed E-state index contributed by atoms with van der Waals surface area (Å²) in [6.07, 6.45) is -0.385. The van der Waals surface area contributed by atoms with Crippen LogP contribution in [0.5, 0.6) is 0 Å². The molecule has 0 aromatic rings. The minimum Gasteiger partial charge on any atom is -0.444 e. The molecule has 0 aromatic heterocycles. The van der Waals surface area contributed by atoms with E-state index in [1.165, 1.54) is 0 Å². The Balaban J connectivity index is 2.89. The van der Waals surface area contributed by atoms with Gasteiger partial charge in [0.2, 0.25) is 0 Å². The normalized spacial score (nSPS) is 22.9. The number of hydrogen-bond acceptors (Lipinski definition) is 3. The Bertz CT molecular complexity index is 362. The van der Waals surface area contributed by atoms with Crippen LogP contribution in [0.1, 0.15) is 34.6 Å². The zero-order valence-corrected chi connectivity index (χ0v) is 13.0. The van der Waals surface area contributed by atoms with Crippen molar-refractivity contribution in [2.24, 2.45) is 0 Å². The summed E-state index contributed by atoms with van der Waals surface area (Å²) in [7, 11) is 0. The molecule has 0 aromatic carbocycles. The molecular weight excluding hydrogens is 333 g/mol. The lowest BCUT2D eigenvalue weighted by atomic mass is 10.2. The van der Waals surface area contributed by atoms with E-state index in [9.17, 15) is 4.79 Å². The van der Waals surface area contributed by atoms with Crippen molar-refractivity contribution in [3.8, 4) is 9.85 Å². The molecule has 1 amide bonds. The van der Waals surface area contributed by atoms with Gasteiger partial charge in [-0.25, -0.2) is 4.79 Å². The molecule has 0 N–H and O–H groups in total. The molecule has 0 spiro atoms. The summed E-state index contributed by atoms with van der Waals surface area (Å²) in [6, 6.07) is -0.239. The van der Waals surface area contributed by atoms with Crippen molar-refractivity contribution in [1.29, 1.82) is 0 Å². The molecule has 1 heterocycles. The van der Waals surface area contributed by atoms with Crippen LogP contribution in [0.3, 0.4) is 0 Å². The lowest BCUT2D eigenvalue weighted by molar-refractivity contribution is -0.0607. The SMILES string of the molecule is CC(C)(C)OC(=O)N1[C@H](C#CI)COC1(C)C. The summed E-state index contributed by atoms with van der Waals surface area (Å²) < 4.78 is 13.7. The van der Waals surface area contributed by atoms with Crippen molar-refractivity contribution < 1.29 is 14.3 Å². The van der Waals surface area contributed by atoms with Crippen molar-refractivity contribution in [2.75, 3.05) is 6.61 Å². The molecular formula is C12H18INO3. The van der Waals surface area contributed by atoms with Crippen molar-refractivity contribution >= 4 is 28.7 Å². The average molecular weight is 351 g/mol. The Labute approximate surface area is 116 Å². The predicted molar refractivity (Wildman–Crippen MR) is 73.7 cm³/mol. The van der Waals surface area contributed by atoms with Crippen LogP contribution < -0.4 is 0 Å². The fraction of sp³-hybridized carbons (Fsp3) is 0.750. The first-order valence-corrected chi connectivity index (χ1v) is 6.53. The second kappa shape index (κ2) is 5.02. The van der Waals surface area contributed by atoms with Crippen LogP contribution in [0.15, 0.2) is 0 Å². The number of amides is 1. The number of nitrogens with zero attached hydrogens (tertiary/aromatic N) is 1. The Kier molecular flexibility index (Phi) is 4.31. The van der Waals surface area contributed by atoms with Gasteiger partial charge in [0.05, 0.1) is 6.61 Å². The molecule has 96 valence electrons. The maximum Gasteiger partial charge on any atom is 0.413 e. The molecule has 1 aliphatic rings. The monoisotopic (exact) mass is 351 g/mol. The molecule has 0 bridgehead atoms. The number of carbonyl (C=O) groups is 1. The lowest BCUT2D eigenvalue weighted by Gasteiger charge is -2.33. The summed E-state index contributed by atoms with van der Waals surface area (Å²) in [4.78, 5) is 13.7. The highest BCUT2D eigenvalue weighted by atomic mass is 127. The van der Waals surface area contributed by atoms with Crippen LogP contribution in [0.25, 0.3) is 0 Å². The third-order valence-corrected chi connectivity index (χ3v) is 2.61. The van der Waals surface area contributed by atoms with Gasteiger partial charge in [0.25, 0.3) is 0 Å². The van der Waals surface area contributed by atoms with Gasteiger partial charge in [-0.05, 0) is 38.5 Å². The molecule has 17 heavy (non-hydrogen) atoms. The minimum absolute atomic E-state index is 0.239. The summed E-state index contributed by atoms with van der Waals surface area (Å²) in [5, 5.41) is 0. The van der Waals surface area contributed by atoms with Crippen molar-refractivity contribution in [1.82, 2.24) is 4.90 Å². The Morgan fingerprint density at radius 1 is 1.53 bits per heavy atom. The van der Waals surface area contributed by atoms with E-state index in [1.807, 2.05) is 57.2 Å². The summed E-state index contributed by atoms with van der Waals surface area (Å²) in [5.41, 5.74) is -1.19. The molecule has 0 aliphatic carbocycles. The van der Waals surface area contributed by atoms with Gasteiger partial charge in [-0.15, -0.1) is 0 Å². The van der Waals surface area contributed by atoms with E-state index < -0.39 is 11.3 Å². The van der Waals surface area contributed by atoms with Crippen LogP contribution in [-0.2, 0) is 9.47 Å². The van der Waals surface area contributed by atoms with Crippen molar-refractivity contribution in [2.45, 2.75) is 52.0 Å². The van der Waals surface area contributed by atoms with Gasteiger partial charge in [-0.3, -0.25) is 4.90 Å². The molecule has 1 rings (SSSR count). The number of ether oxygens (including phenoxy) is 2. The minimum atomic E-state index is -0.673. The van der Waals surface area contributed by atoms with E-state index in [-0.39, 0.29) is 12.1 Å². The first-order valence-electron chi connectivity index (χ1n) is 5.45. The molecule has 0 radical (unpaired) electrons. The standard InChI is InChI=1S/C12H18INO3/c1-11(2,3)17-10(15)14-9(6-7-13)8-16-12(14,4)5/h9H,8H2,1-5H3/t9-/m1/s1. The molecule has 4 nitrogen and oxygen atoms in total. The number of rotatable bonds is 0. The van der Waals surface area contributed by atoms with Crippen LogP contribution in [0, 0.1) is 9.85 Å². The average Bonchev–Trinajstić information content (AvgIpc) is 2.39. The third-order valence-electron chi connectivity index (χ3n) is 2.30. The van der Waals surface area contributed by atoms with Crippen molar-refractivity contribution in [3.63, 3.8) is 0 Å². The molecule has 1 fully saturated rings. The number of halogens is 1. The first-order chi connectivity index (χ1) is 7.67. The number of hydrogen-bond donors (Lipinski definition) is 0. The predicted octanol–water partition coefficient (Wildman–Crippen LogP) is 2.75. The molecule has 0 unspecified atom stereocenters. The topological polar surface area (TPSA) is 38.8 Å². The molecule has 0 saturated carbocycles. The first kappa shape index (κ1) is 14.6. The maximum atomic E-state index is 12.1. The molecule has 1 aliphatic heterocycles. The maximum absolute atomic E-state index is 12.1. The third kappa shape index (κ3) is 3.75. The highest BCUT2D eigenvalue weighted by Gasteiger charge is 2.45. The van der Waals surface area contributed by atoms with Crippen LogP contribution in [0.4, 0.5) is 4.79 Å². The van der Waals surface area contributed by atoms with Crippen molar-refractivity contribution in [3.05, 3.63) is 0 Å². The Morgan fingerprint density at radius 2 is 2.12 bits per heavy atom. The van der Waals surface area contributed by atoms with Crippen LogP contribution in [-0.4, -0.2) is 35.0 Å². The van der Waals surface area contributed by atoms with E-state index in [0.717, 1.165) is 0 Å². The fourth-order valence-electron chi connectivity index (χ4n) is 1.63. The van der Waals surface area contributed by atoms with Gasteiger partial charge < -0.3 is 9.47 Å². The Morgan fingerprint density at radius 3 is 2.59 bits per heavy atom. The summed E-state index contributed by atoms with van der Waals surface area (Å²) >= 11 is 1.96.